The lowest BCUT2D eigenvalue weighted by Crippen LogP contribution is -2.45. The summed E-state index contributed by atoms with van der Waals surface area (Å²) in [6, 6.07) is 13.0. The Hall–Kier alpha value is -3.03. The number of methoxy groups -OCH3 is 1. The summed E-state index contributed by atoms with van der Waals surface area (Å²) in [5.41, 5.74) is 5.80. The van der Waals surface area contributed by atoms with Crippen molar-refractivity contribution >= 4 is 21.9 Å². The topological polar surface area (TPSA) is 74.1 Å². The van der Waals surface area contributed by atoms with E-state index in [2.05, 4.69) is 55.5 Å². The number of pyridine rings is 2. The van der Waals surface area contributed by atoms with E-state index in [1.807, 2.05) is 25.4 Å². The van der Waals surface area contributed by atoms with Crippen molar-refractivity contribution in [3.63, 3.8) is 0 Å². The van der Waals surface area contributed by atoms with Gasteiger partial charge in [-0.3, -0.25) is 9.67 Å². The maximum Gasteiger partial charge on any atom is 0.188 e. The SMILES string of the molecule is COCOc1cc2nn(C)cc2cc1-c1ccc2nc(C3CCC(NC(C)(C)C)CC3)ccc2n1. The van der Waals surface area contributed by atoms with E-state index in [0.717, 1.165) is 33.2 Å². The Balaban J connectivity index is 1.40. The first-order chi connectivity index (χ1) is 16.8. The first kappa shape index (κ1) is 23.7. The van der Waals surface area contributed by atoms with E-state index < -0.39 is 0 Å². The molecule has 0 atom stereocenters. The molecule has 0 bridgehead atoms. The number of aromatic nitrogens is 4. The van der Waals surface area contributed by atoms with Gasteiger partial charge in [-0.15, -0.1) is 0 Å². The molecule has 7 nitrogen and oxygen atoms in total. The van der Waals surface area contributed by atoms with Crippen molar-refractivity contribution in [3.05, 3.63) is 48.3 Å². The first-order valence-electron chi connectivity index (χ1n) is 12.4. The lowest BCUT2D eigenvalue weighted by atomic mass is 9.83. The molecule has 0 unspecified atom stereocenters. The highest BCUT2D eigenvalue weighted by Crippen LogP contribution is 2.36. The molecule has 184 valence electrons. The van der Waals surface area contributed by atoms with Crippen molar-refractivity contribution in [2.75, 3.05) is 13.9 Å². The molecule has 1 aromatic carbocycles. The maximum atomic E-state index is 5.88. The van der Waals surface area contributed by atoms with Crippen LogP contribution >= 0.6 is 0 Å². The van der Waals surface area contributed by atoms with Crippen LogP contribution < -0.4 is 10.1 Å². The molecule has 1 fully saturated rings. The molecule has 0 spiro atoms. The minimum atomic E-state index is 0.164. The van der Waals surface area contributed by atoms with E-state index in [1.165, 1.54) is 31.4 Å². The van der Waals surface area contributed by atoms with Gasteiger partial charge in [0.15, 0.2) is 6.79 Å². The lowest BCUT2D eigenvalue weighted by molar-refractivity contribution is 0.0516. The Morgan fingerprint density at radius 3 is 2.46 bits per heavy atom. The van der Waals surface area contributed by atoms with Gasteiger partial charge in [0.25, 0.3) is 0 Å². The van der Waals surface area contributed by atoms with Crippen LogP contribution in [-0.4, -0.2) is 45.2 Å². The average Bonchev–Trinajstić information content (AvgIpc) is 3.19. The minimum Gasteiger partial charge on any atom is -0.467 e. The van der Waals surface area contributed by atoms with Gasteiger partial charge in [-0.1, -0.05) is 0 Å². The second-order valence-corrected chi connectivity index (χ2v) is 10.7. The quantitative estimate of drug-likeness (QED) is 0.369. The summed E-state index contributed by atoms with van der Waals surface area (Å²) in [6.45, 7) is 6.89. The van der Waals surface area contributed by atoms with Crippen LogP contribution in [-0.2, 0) is 11.8 Å². The molecule has 4 aromatic rings. The van der Waals surface area contributed by atoms with Crippen LogP contribution in [0.2, 0.25) is 0 Å². The van der Waals surface area contributed by atoms with Gasteiger partial charge in [-0.2, -0.15) is 5.10 Å². The van der Waals surface area contributed by atoms with Gasteiger partial charge < -0.3 is 14.8 Å². The second-order valence-electron chi connectivity index (χ2n) is 10.7. The summed E-state index contributed by atoms with van der Waals surface area (Å²) in [5, 5.41) is 9.30. The third-order valence-electron chi connectivity index (χ3n) is 6.68. The van der Waals surface area contributed by atoms with Gasteiger partial charge >= 0.3 is 0 Å². The summed E-state index contributed by atoms with van der Waals surface area (Å²) in [5.74, 6) is 1.22. The zero-order valence-corrected chi connectivity index (χ0v) is 21.3. The number of hydrogen-bond donors (Lipinski definition) is 1. The standard InChI is InChI=1S/C28H35N5O2/c1-28(2,3)31-20-8-6-18(7-9-20)22-10-12-25-24(29-22)13-11-23(30-25)21-14-19-16-33(4)32-26(19)15-27(21)35-17-34-5/h10-16,18,20,31H,6-9,17H2,1-5H3. The molecule has 1 aliphatic rings. The monoisotopic (exact) mass is 473 g/mol. The van der Waals surface area contributed by atoms with Crippen molar-refractivity contribution in [1.29, 1.82) is 0 Å². The number of hydrogen-bond acceptors (Lipinski definition) is 6. The summed E-state index contributed by atoms with van der Waals surface area (Å²) < 4.78 is 12.8. The number of ether oxygens (including phenoxy) is 2. The van der Waals surface area contributed by atoms with Gasteiger partial charge in [0.1, 0.15) is 5.75 Å². The van der Waals surface area contributed by atoms with E-state index in [9.17, 15) is 0 Å². The third-order valence-corrected chi connectivity index (χ3v) is 6.68. The van der Waals surface area contributed by atoms with Gasteiger partial charge in [-0.25, -0.2) is 4.98 Å². The fourth-order valence-corrected chi connectivity index (χ4v) is 5.17. The summed E-state index contributed by atoms with van der Waals surface area (Å²) >= 11 is 0. The molecule has 0 aliphatic heterocycles. The molecule has 3 heterocycles. The molecule has 0 amide bonds. The fraction of sp³-hybridized carbons (Fsp3) is 0.464. The summed E-state index contributed by atoms with van der Waals surface area (Å²) in [4.78, 5) is 9.96. The van der Waals surface area contributed by atoms with Crippen molar-refractivity contribution < 1.29 is 9.47 Å². The molecule has 1 N–H and O–H groups in total. The van der Waals surface area contributed by atoms with E-state index in [0.29, 0.717) is 17.7 Å². The molecule has 35 heavy (non-hydrogen) atoms. The number of fused-ring (bicyclic) bond motifs is 2. The van der Waals surface area contributed by atoms with Gasteiger partial charge in [0, 0.05) is 60.6 Å². The lowest BCUT2D eigenvalue weighted by Gasteiger charge is -2.34. The van der Waals surface area contributed by atoms with Gasteiger partial charge in [-0.05, 0) is 76.8 Å². The number of aryl methyl sites for hydroxylation is 1. The van der Waals surface area contributed by atoms with Crippen LogP contribution in [0.15, 0.2) is 42.6 Å². The highest BCUT2D eigenvalue weighted by molar-refractivity contribution is 5.88. The fourth-order valence-electron chi connectivity index (χ4n) is 5.17. The molecule has 0 radical (unpaired) electrons. The normalized spacial score (nSPS) is 18.9. The van der Waals surface area contributed by atoms with E-state index in [1.54, 1.807) is 11.8 Å². The molecule has 3 aromatic heterocycles. The van der Waals surface area contributed by atoms with Crippen molar-refractivity contribution in [1.82, 2.24) is 25.1 Å². The maximum absolute atomic E-state index is 5.88. The second kappa shape index (κ2) is 9.55. The number of benzene rings is 1. The van der Waals surface area contributed by atoms with Crippen molar-refractivity contribution in [2.24, 2.45) is 7.05 Å². The largest absolute Gasteiger partial charge is 0.467 e. The van der Waals surface area contributed by atoms with Crippen LogP contribution in [0.3, 0.4) is 0 Å². The molecule has 0 saturated heterocycles. The number of nitrogens with one attached hydrogen (secondary N) is 1. The number of nitrogens with zero attached hydrogens (tertiary/aromatic N) is 4. The van der Waals surface area contributed by atoms with E-state index in [-0.39, 0.29) is 12.3 Å². The summed E-state index contributed by atoms with van der Waals surface area (Å²) in [7, 11) is 3.53. The molecule has 5 rings (SSSR count). The Morgan fingerprint density at radius 2 is 1.71 bits per heavy atom. The van der Waals surface area contributed by atoms with Gasteiger partial charge in [0.2, 0.25) is 0 Å². The van der Waals surface area contributed by atoms with Crippen LogP contribution in [0.25, 0.3) is 33.2 Å². The molecule has 7 heteroatoms. The molecule has 1 aliphatic carbocycles. The Morgan fingerprint density at radius 1 is 0.971 bits per heavy atom. The van der Waals surface area contributed by atoms with E-state index >= 15 is 0 Å². The Labute approximate surface area is 206 Å². The average molecular weight is 474 g/mol. The smallest absolute Gasteiger partial charge is 0.188 e. The predicted octanol–water partition coefficient (Wildman–Crippen LogP) is 5.58. The highest BCUT2D eigenvalue weighted by Gasteiger charge is 2.26. The highest BCUT2D eigenvalue weighted by atomic mass is 16.7. The number of rotatable bonds is 6. The Bertz CT molecular complexity index is 1330. The third kappa shape index (κ3) is 5.31. The molecular weight excluding hydrogens is 438 g/mol. The van der Waals surface area contributed by atoms with E-state index in [4.69, 9.17) is 19.4 Å². The summed E-state index contributed by atoms with van der Waals surface area (Å²) in [6.07, 6.45) is 6.73. The minimum absolute atomic E-state index is 0.164. The van der Waals surface area contributed by atoms with Crippen molar-refractivity contribution in [3.8, 4) is 17.0 Å². The van der Waals surface area contributed by atoms with Crippen LogP contribution in [0.1, 0.15) is 58.1 Å². The zero-order chi connectivity index (χ0) is 24.6. The Kier molecular flexibility index (Phi) is 6.47. The van der Waals surface area contributed by atoms with Crippen LogP contribution in [0.5, 0.6) is 5.75 Å². The van der Waals surface area contributed by atoms with Crippen molar-refractivity contribution in [2.45, 2.75) is 64.0 Å². The van der Waals surface area contributed by atoms with Crippen LogP contribution in [0, 0.1) is 0 Å². The molecular formula is C28H35N5O2. The zero-order valence-electron chi connectivity index (χ0n) is 21.3. The first-order valence-corrected chi connectivity index (χ1v) is 12.4. The van der Waals surface area contributed by atoms with Crippen LogP contribution in [0.4, 0.5) is 0 Å². The predicted molar refractivity (Wildman–Crippen MR) is 140 cm³/mol. The molecule has 1 saturated carbocycles. The van der Waals surface area contributed by atoms with Gasteiger partial charge in [0.05, 0.1) is 22.2 Å².